The van der Waals surface area contributed by atoms with E-state index >= 15 is 0 Å². The van der Waals surface area contributed by atoms with Crippen LogP contribution >= 0.6 is 23.1 Å². The third-order valence-corrected chi connectivity index (χ3v) is 2.73. The van der Waals surface area contributed by atoms with Gasteiger partial charge in [-0.2, -0.15) is 0 Å². The Bertz CT molecular complexity index is 460. The van der Waals surface area contributed by atoms with Gasteiger partial charge in [-0.25, -0.2) is 0 Å². The molecule has 0 saturated carbocycles. The predicted octanol–water partition coefficient (Wildman–Crippen LogP) is 2.35. The number of hydrogen-bond donors (Lipinski definition) is 1. The van der Waals surface area contributed by atoms with Gasteiger partial charge in [-0.1, -0.05) is 22.2 Å². The summed E-state index contributed by atoms with van der Waals surface area (Å²) in [7, 11) is 0. The molecule has 1 heterocycles. The summed E-state index contributed by atoms with van der Waals surface area (Å²) in [6.45, 7) is 0.304. The molecule has 2 rings (SSSR count). The van der Waals surface area contributed by atoms with Crippen molar-refractivity contribution in [3.8, 4) is 5.75 Å². The first-order valence-corrected chi connectivity index (χ1v) is 5.36. The lowest BCUT2D eigenvalue weighted by Crippen LogP contribution is -1.97. The SMILES string of the molecule is Nc1cccc(OCc2nnsc2Cl)c1. The first-order valence-electron chi connectivity index (χ1n) is 4.21. The van der Waals surface area contributed by atoms with E-state index < -0.39 is 0 Å². The van der Waals surface area contributed by atoms with Gasteiger partial charge in [-0.15, -0.1) is 5.10 Å². The number of hydrogen-bond acceptors (Lipinski definition) is 5. The van der Waals surface area contributed by atoms with Gasteiger partial charge in [0.2, 0.25) is 0 Å². The Labute approximate surface area is 95.8 Å². The Kier molecular flexibility index (Phi) is 3.03. The van der Waals surface area contributed by atoms with Gasteiger partial charge < -0.3 is 10.5 Å². The fourth-order valence-electron chi connectivity index (χ4n) is 1.04. The van der Waals surface area contributed by atoms with Gasteiger partial charge >= 0.3 is 0 Å². The van der Waals surface area contributed by atoms with Gasteiger partial charge in [0.1, 0.15) is 22.4 Å². The number of ether oxygens (including phenoxy) is 1. The van der Waals surface area contributed by atoms with Gasteiger partial charge in [0.05, 0.1) is 0 Å². The maximum atomic E-state index is 5.83. The molecule has 0 amide bonds. The van der Waals surface area contributed by atoms with Crippen molar-refractivity contribution in [2.24, 2.45) is 0 Å². The third-order valence-electron chi connectivity index (χ3n) is 1.74. The van der Waals surface area contributed by atoms with E-state index in [9.17, 15) is 0 Å². The van der Waals surface area contributed by atoms with Crippen LogP contribution in [0.5, 0.6) is 5.75 Å². The zero-order chi connectivity index (χ0) is 10.7. The molecule has 4 nitrogen and oxygen atoms in total. The van der Waals surface area contributed by atoms with Crippen LogP contribution < -0.4 is 10.5 Å². The summed E-state index contributed by atoms with van der Waals surface area (Å²) < 4.78 is 9.71. The van der Waals surface area contributed by atoms with Crippen molar-refractivity contribution in [1.82, 2.24) is 9.59 Å². The molecule has 2 aromatic rings. The quantitative estimate of drug-likeness (QED) is 0.838. The first kappa shape index (κ1) is 10.2. The number of nitrogens with two attached hydrogens (primary N) is 1. The van der Waals surface area contributed by atoms with E-state index in [1.54, 1.807) is 12.1 Å². The Morgan fingerprint density at radius 2 is 2.33 bits per heavy atom. The highest BCUT2D eigenvalue weighted by Gasteiger charge is 2.05. The Balaban J connectivity index is 2.02. The van der Waals surface area contributed by atoms with Crippen molar-refractivity contribution >= 4 is 28.8 Å². The number of nitrogen functional groups attached to an aromatic ring is 1. The molecule has 0 unspecified atom stereocenters. The first-order chi connectivity index (χ1) is 7.25. The summed E-state index contributed by atoms with van der Waals surface area (Å²) in [5.41, 5.74) is 6.91. The van der Waals surface area contributed by atoms with Crippen molar-refractivity contribution < 1.29 is 4.74 Å². The standard InChI is InChI=1S/C9H8ClN3OS/c10-9-8(12-13-15-9)5-14-7-3-1-2-6(11)4-7/h1-4H,5,11H2. The van der Waals surface area contributed by atoms with E-state index in [4.69, 9.17) is 22.1 Å². The van der Waals surface area contributed by atoms with Crippen LogP contribution in [-0.4, -0.2) is 9.59 Å². The van der Waals surface area contributed by atoms with Crippen LogP contribution in [0.4, 0.5) is 5.69 Å². The van der Waals surface area contributed by atoms with Crippen LogP contribution in [0, 0.1) is 0 Å². The Morgan fingerprint density at radius 3 is 3.00 bits per heavy atom. The summed E-state index contributed by atoms with van der Waals surface area (Å²) in [6.07, 6.45) is 0. The minimum Gasteiger partial charge on any atom is -0.487 e. The van der Waals surface area contributed by atoms with Crippen molar-refractivity contribution in [3.63, 3.8) is 0 Å². The minimum atomic E-state index is 0.304. The number of nitrogens with zero attached hydrogens (tertiary/aromatic N) is 2. The lowest BCUT2D eigenvalue weighted by molar-refractivity contribution is 0.301. The summed E-state index contributed by atoms with van der Waals surface area (Å²) in [5.74, 6) is 0.694. The van der Waals surface area contributed by atoms with E-state index in [1.165, 1.54) is 0 Å². The molecule has 0 radical (unpaired) electrons. The molecule has 0 aliphatic carbocycles. The maximum absolute atomic E-state index is 5.83. The number of rotatable bonds is 3. The molecule has 15 heavy (non-hydrogen) atoms. The third kappa shape index (κ3) is 2.57. The number of halogens is 1. The van der Waals surface area contributed by atoms with E-state index in [-0.39, 0.29) is 0 Å². The van der Waals surface area contributed by atoms with Gasteiger partial charge in [-0.05, 0) is 12.1 Å². The molecular formula is C9H8ClN3OS. The average Bonchev–Trinajstić information content (AvgIpc) is 2.61. The van der Waals surface area contributed by atoms with Crippen LogP contribution in [0.25, 0.3) is 0 Å². The van der Waals surface area contributed by atoms with E-state index in [0.29, 0.717) is 28.1 Å². The molecule has 1 aromatic carbocycles. The molecule has 2 N–H and O–H groups in total. The number of benzene rings is 1. The molecule has 0 aliphatic rings. The highest BCUT2D eigenvalue weighted by atomic mass is 35.5. The Hall–Kier alpha value is -1.33. The van der Waals surface area contributed by atoms with E-state index in [2.05, 4.69) is 9.59 Å². The summed E-state index contributed by atoms with van der Waals surface area (Å²) >= 11 is 6.97. The molecule has 0 saturated heterocycles. The lowest BCUT2D eigenvalue weighted by Gasteiger charge is -2.04. The van der Waals surface area contributed by atoms with Gasteiger partial charge in [0, 0.05) is 23.3 Å². The van der Waals surface area contributed by atoms with Crippen molar-refractivity contribution in [2.45, 2.75) is 6.61 Å². The van der Waals surface area contributed by atoms with Crippen molar-refractivity contribution in [1.29, 1.82) is 0 Å². The second kappa shape index (κ2) is 4.46. The molecule has 0 aliphatic heterocycles. The number of aromatic nitrogens is 2. The molecule has 0 fully saturated rings. The number of anilines is 1. The highest BCUT2D eigenvalue weighted by molar-refractivity contribution is 7.10. The van der Waals surface area contributed by atoms with Crippen molar-refractivity contribution in [3.05, 3.63) is 34.3 Å². The molecule has 0 atom stereocenters. The maximum Gasteiger partial charge on any atom is 0.141 e. The van der Waals surface area contributed by atoms with Gasteiger partial charge in [0.25, 0.3) is 0 Å². The normalized spacial score (nSPS) is 10.2. The van der Waals surface area contributed by atoms with Crippen LogP contribution in [0.15, 0.2) is 24.3 Å². The molecular weight excluding hydrogens is 234 g/mol. The fourth-order valence-corrected chi connectivity index (χ4v) is 1.64. The fraction of sp³-hybridized carbons (Fsp3) is 0.111. The van der Waals surface area contributed by atoms with Crippen LogP contribution in [0.2, 0.25) is 4.34 Å². The summed E-state index contributed by atoms with van der Waals surface area (Å²) in [5, 5.41) is 3.83. The lowest BCUT2D eigenvalue weighted by atomic mass is 10.3. The average molecular weight is 242 g/mol. The second-order valence-corrected chi connectivity index (χ2v) is 4.21. The van der Waals surface area contributed by atoms with Crippen LogP contribution in [-0.2, 0) is 6.61 Å². The highest BCUT2D eigenvalue weighted by Crippen LogP contribution is 2.20. The Morgan fingerprint density at radius 1 is 1.47 bits per heavy atom. The topological polar surface area (TPSA) is 61.0 Å². The largest absolute Gasteiger partial charge is 0.487 e. The zero-order valence-corrected chi connectivity index (χ0v) is 9.26. The summed E-state index contributed by atoms with van der Waals surface area (Å²) in [4.78, 5) is 0. The van der Waals surface area contributed by atoms with E-state index in [0.717, 1.165) is 11.5 Å². The van der Waals surface area contributed by atoms with Gasteiger partial charge in [0.15, 0.2) is 0 Å². The zero-order valence-electron chi connectivity index (χ0n) is 7.68. The monoisotopic (exact) mass is 241 g/mol. The van der Waals surface area contributed by atoms with Gasteiger partial charge in [-0.3, -0.25) is 0 Å². The predicted molar refractivity (Wildman–Crippen MR) is 60.1 cm³/mol. The molecule has 0 bridgehead atoms. The molecule has 1 aromatic heterocycles. The van der Waals surface area contributed by atoms with E-state index in [1.807, 2.05) is 12.1 Å². The summed E-state index contributed by atoms with van der Waals surface area (Å²) in [6, 6.07) is 7.19. The second-order valence-electron chi connectivity index (χ2n) is 2.85. The molecule has 6 heteroatoms. The molecule has 78 valence electrons. The van der Waals surface area contributed by atoms with Crippen molar-refractivity contribution in [2.75, 3.05) is 5.73 Å². The van der Waals surface area contributed by atoms with Crippen LogP contribution in [0.3, 0.4) is 0 Å². The smallest absolute Gasteiger partial charge is 0.141 e. The molecule has 0 spiro atoms. The minimum absolute atomic E-state index is 0.304. The van der Waals surface area contributed by atoms with Crippen LogP contribution in [0.1, 0.15) is 5.69 Å².